The Bertz CT molecular complexity index is 704. The number of rotatable bonds is 4. The maximum Gasteiger partial charge on any atom is 0.270 e. The van der Waals surface area contributed by atoms with Gasteiger partial charge in [-0.05, 0) is 45.0 Å². The smallest absolute Gasteiger partial charge is 0.270 e. The summed E-state index contributed by atoms with van der Waals surface area (Å²) in [4.78, 5) is 20.5. The number of halogens is 2. The Labute approximate surface area is 139 Å². The fraction of sp³-hybridized carbons (Fsp3) is 0.267. The monoisotopic (exact) mass is 338 g/mol. The van der Waals surface area contributed by atoms with Gasteiger partial charge in [-0.1, -0.05) is 23.2 Å². The van der Waals surface area contributed by atoms with Gasteiger partial charge in [-0.3, -0.25) is 4.79 Å². The Morgan fingerprint density at radius 3 is 2.59 bits per heavy atom. The van der Waals surface area contributed by atoms with Crippen LogP contribution in [0.25, 0.3) is 0 Å². The largest absolute Gasteiger partial charge is 0.349 e. The lowest BCUT2D eigenvalue weighted by Crippen LogP contribution is -2.31. The minimum absolute atomic E-state index is 0.0292. The average molecular weight is 339 g/mol. The van der Waals surface area contributed by atoms with Crippen LogP contribution in [0.5, 0.6) is 0 Å². The van der Waals surface area contributed by atoms with Crippen LogP contribution in [0.2, 0.25) is 10.0 Å². The van der Waals surface area contributed by atoms with E-state index in [-0.39, 0.29) is 17.9 Å². The number of nitrogens with zero attached hydrogens (tertiary/aromatic N) is 2. The number of benzene rings is 1. The summed E-state index contributed by atoms with van der Waals surface area (Å²) >= 11 is 12.1. The highest BCUT2D eigenvalue weighted by Crippen LogP contribution is 2.27. The standard InChI is InChI=1S/C15H16Cl2N4O/c1-8(2)18-14(22)13-6-9(3)19-15(21-13)20-12-7-10(16)4-5-11(12)17/h4-8H,1-3H3,(H,18,22)(H,19,20,21). The molecule has 0 atom stereocenters. The molecule has 0 radical (unpaired) electrons. The predicted octanol–water partition coefficient (Wildman–Crippen LogP) is 3.97. The van der Waals surface area contributed by atoms with E-state index in [9.17, 15) is 4.79 Å². The molecule has 0 fully saturated rings. The van der Waals surface area contributed by atoms with Gasteiger partial charge in [0.15, 0.2) is 0 Å². The molecule has 2 N–H and O–H groups in total. The lowest BCUT2D eigenvalue weighted by molar-refractivity contribution is 0.0938. The van der Waals surface area contributed by atoms with Crippen LogP contribution in [0.15, 0.2) is 24.3 Å². The van der Waals surface area contributed by atoms with Crippen LogP contribution >= 0.6 is 23.2 Å². The maximum absolute atomic E-state index is 12.1. The van der Waals surface area contributed by atoms with Crippen LogP contribution in [0.3, 0.4) is 0 Å². The van der Waals surface area contributed by atoms with E-state index in [2.05, 4.69) is 20.6 Å². The highest BCUT2D eigenvalue weighted by molar-refractivity contribution is 6.35. The van der Waals surface area contributed by atoms with Crippen LogP contribution in [-0.2, 0) is 0 Å². The first-order chi connectivity index (χ1) is 10.3. The number of anilines is 2. The van der Waals surface area contributed by atoms with Crippen molar-refractivity contribution >= 4 is 40.7 Å². The molecule has 0 aliphatic carbocycles. The summed E-state index contributed by atoms with van der Waals surface area (Å²) < 4.78 is 0. The topological polar surface area (TPSA) is 66.9 Å². The summed E-state index contributed by atoms with van der Waals surface area (Å²) in [6.45, 7) is 5.56. The van der Waals surface area contributed by atoms with Gasteiger partial charge in [0.1, 0.15) is 5.69 Å². The van der Waals surface area contributed by atoms with Gasteiger partial charge in [0.2, 0.25) is 5.95 Å². The van der Waals surface area contributed by atoms with Crippen LogP contribution in [0.4, 0.5) is 11.6 Å². The number of amides is 1. The molecule has 0 spiro atoms. The summed E-state index contributed by atoms with van der Waals surface area (Å²) in [5.41, 5.74) is 1.54. The third-order valence-corrected chi connectivity index (χ3v) is 3.25. The Balaban J connectivity index is 2.30. The van der Waals surface area contributed by atoms with Crippen LogP contribution in [0, 0.1) is 6.92 Å². The van der Waals surface area contributed by atoms with Crippen molar-refractivity contribution in [2.24, 2.45) is 0 Å². The minimum atomic E-state index is -0.249. The second-order valence-electron chi connectivity index (χ2n) is 5.10. The lowest BCUT2D eigenvalue weighted by atomic mass is 10.3. The highest BCUT2D eigenvalue weighted by Gasteiger charge is 2.12. The fourth-order valence-corrected chi connectivity index (χ4v) is 2.13. The van der Waals surface area contributed by atoms with Gasteiger partial charge in [0.05, 0.1) is 10.7 Å². The van der Waals surface area contributed by atoms with Crippen LogP contribution in [0.1, 0.15) is 30.0 Å². The zero-order chi connectivity index (χ0) is 16.3. The van der Waals surface area contributed by atoms with Gasteiger partial charge in [0, 0.05) is 16.8 Å². The van der Waals surface area contributed by atoms with Gasteiger partial charge >= 0.3 is 0 Å². The molecule has 2 rings (SSSR count). The van der Waals surface area contributed by atoms with E-state index in [0.29, 0.717) is 27.1 Å². The molecule has 1 heterocycles. The van der Waals surface area contributed by atoms with Gasteiger partial charge in [-0.2, -0.15) is 0 Å². The molecule has 5 nitrogen and oxygen atoms in total. The van der Waals surface area contributed by atoms with E-state index >= 15 is 0 Å². The molecular weight excluding hydrogens is 323 g/mol. The molecule has 0 saturated carbocycles. The Hall–Kier alpha value is -1.85. The molecular formula is C15H16Cl2N4O. The van der Waals surface area contributed by atoms with Gasteiger partial charge < -0.3 is 10.6 Å². The third-order valence-electron chi connectivity index (χ3n) is 2.68. The van der Waals surface area contributed by atoms with Crippen molar-refractivity contribution in [1.82, 2.24) is 15.3 Å². The van der Waals surface area contributed by atoms with Crippen LogP contribution in [-0.4, -0.2) is 21.9 Å². The molecule has 0 unspecified atom stereocenters. The van der Waals surface area contributed by atoms with E-state index in [1.54, 1.807) is 31.2 Å². The highest BCUT2D eigenvalue weighted by atomic mass is 35.5. The first-order valence-corrected chi connectivity index (χ1v) is 7.49. The van der Waals surface area contributed by atoms with E-state index in [0.717, 1.165) is 0 Å². The number of aromatic nitrogens is 2. The quantitative estimate of drug-likeness (QED) is 0.884. The molecule has 0 saturated heterocycles. The number of hydrogen-bond acceptors (Lipinski definition) is 4. The molecule has 0 bridgehead atoms. The fourth-order valence-electron chi connectivity index (χ4n) is 1.79. The molecule has 1 amide bonds. The van der Waals surface area contributed by atoms with E-state index in [1.165, 1.54) is 0 Å². The number of carbonyl (C=O) groups excluding carboxylic acids is 1. The Morgan fingerprint density at radius 1 is 1.18 bits per heavy atom. The number of carbonyl (C=O) groups is 1. The van der Waals surface area contributed by atoms with E-state index in [4.69, 9.17) is 23.2 Å². The molecule has 0 aliphatic rings. The van der Waals surface area contributed by atoms with Crippen molar-refractivity contribution in [3.05, 3.63) is 45.7 Å². The van der Waals surface area contributed by atoms with Crippen molar-refractivity contribution in [3.63, 3.8) is 0 Å². The van der Waals surface area contributed by atoms with Gasteiger partial charge in [-0.25, -0.2) is 9.97 Å². The summed E-state index contributed by atoms with van der Waals surface area (Å²) in [7, 11) is 0. The maximum atomic E-state index is 12.1. The SMILES string of the molecule is Cc1cc(C(=O)NC(C)C)nc(Nc2cc(Cl)ccc2Cl)n1. The van der Waals surface area contributed by atoms with E-state index < -0.39 is 0 Å². The molecule has 116 valence electrons. The van der Waals surface area contributed by atoms with E-state index in [1.807, 2.05) is 13.8 Å². The second-order valence-corrected chi connectivity index (χ2v) is 5.94. The molecule has 22 heavy (non-hydrogen) atoms. The molecule has 0 aliphatic heterocycles. The van der Waals surface area contributed by atoms with Crippen LogP contribution < -0.4 is 10.6 Å². The van der Waals surface area contributed by atoms with Crippen molar-refractivity contribution in [3.8, 4) is 0 Å². The molecule has 1 aromatic carbocycles. The number of aryl methyl sites for hydroxylation is 1. The van der Waals surface area contributed by atoms with Crippen molar-refractivity contribution < 1.29 is 4.79 Å². The zero-order valence-corrected chi connectivity index (χ0v) is 14.0. The van der Waals surface area contributed by atoms with Crippen molar-refractivity contribution in [1.29, 1.82) is 0 Å². The third kappa shape index (κ3) is 4.32. The average Bonchev–Trinajstić information content (AvgIpc) is 2.41. The number of nitrogens with one attached hydrogen (secondary N) is 2. The van der Waals surface area contributed by atoms with Crippen molar-refractivity contribution in [2.75, 3.05) is 5.32 Å². The Morgan fingerprint density at radius 2 is 1.91 bits per heavy atom. The Kier molecular flexibility index (Phi) is 5.21. The summed E-state index contributed by atoms with van der Waals surface area (Å²) in [5.74, 6) is 0.0406. The van der Waals surface area contributed by atoms with Gasteiger partial charge in [0.25, 0.3) is 5.91 Å². The first kappa shape index (κ1) is 16.5. The molecule has 2 aromatic rings. The summed E-state index contributed by atoms with van der Waals surface area (Å²) in [6.07, 6.45) is 0. The second kappa shape index (κ2) is 6.94. The van der Waals surface area contributed by atoms with Crippen molar-refractivity contribution in [2.45, 2.75) is 26.8 Å². The lowest BCUT2D eigenvalue weighted by Gasteiger charge is -2.11. The molecule has 7 heteroatoms. The summed E-state index contributed by atoms with van der Waals surface area (Å²) in [6, 6.07) is 6.69. The first-order valence-electron chi connectivity index (χ1n) is 6.74. The van der Waals surface area contributed by atoms with Gasteiger partial charge in [-0.15, -0.1) is 0 Å². The zero-order valence-electron chi connectivity index (χ0n) is 12.4. The predicted molar refractivity (Wildman–Crippen MR) is 89.1 cm³/mol. The molecule has 1 aromatic heterocycles. The minimum Gasteiger partial charge on any atom is -0.349 e. The normalized spacial score (nSPS) is 10.6. The summed E-state index contributed by atoms with van der Waals surface area (Å²) in [5, 5.41) is 6.81. The number of hydrogen-bond donors (Lipinski definition) is 2.